The summed E-state index contributed by atoms with van der Waals surface area (Å²) in [5.41, 5.74) is 0.401. The second-order valence-electron chi connectivity index (χ2n) is 3.26. The van der Waals surface area contributed by atoms with E-state index in [9.17, 15) is 18.4 Å². The van der Waals surface area contributed by atoms with Gasteiger partial charge in [0.2, 0.25) is 0 Å². The number of alkyl halides is 2. The Bertz CT molecular complexity index is 541. The Morgan fingerprint density at radius 1 is 1.50 bits per heavy atom. The Kier molecular flexibility index (Phi) is 4.38. The average Bonchev–Trinajstić information content (AvgIpc) is 2.28. The van der Waals surface area contributed by atoms with E-state index in [1.165, 1.54) is 19.1 Å². The smallest absolute Gasteiger partial charge is 0.387 e. The van der Waals surface area contributed by atoms with E-state index in [0.717, 1.165) is 0 Å². The number of carboxylic acids is 1. The van der Waals surface area contributed by atoms with Gasteiger partial charge in [0, 0.05) is 11.5 Å². The van der Waals surface area contributed by atoms with Crippen molar-refractivity contribution in [3.05, 3.63) is 28.8 Å². The van der Waals surface area contributed by atoms with Gasteiger partial charge in [0.15, 0.2) is 6.29 Å². The van der Waals surface area contributed by atoms with Gasteiger partial charge < -0.3 is 9.84 Å². The maximum absolute atomic E-state index is 12.1. The third kappa shape index (κ3) is 3.56. The molecule has 1 rings (SSSR count). The number of aliphatic carboxylic acids is 1. The molecular weight excluding hydrogens is 246 g/mol. The Hall–Kier alpha value is -2.42. The lowest BCUT2D eigenvalue weighted by molar-refractivity contribution is -0.130. The zero-order valence-corrected chi connectivity index (χ0v) is 9.24. The molecule has 1 aromatic carbocycles. The minimum absolute atomic E-state index is 0.106. The first kappa shape index (κ1) is 13.6. The van der Waals surface area contributed by atoms with Gasteiger partial charge in [0.1, 0.15) is 5.75 Å². The molecule has 0 unspecified atom stereocenters. The predicted molar refractivity (Wildman–Crippen MR) is 57.7 cm³/mol. The van der Waals surface area contributed by atoms with Gasteiger partial charge in [-0.15, -0.1) is 0 Å². The molecule has 6 heteroatoms. The van der Waals surface area contributed by atoms with Crippen molar-refractivity contribution in [2.45, 2.75) is 13.5 Å². The van der Waals surface area contributed by atoms with E-state index in [4.69, 9.17) is 5.11 Å². The van der Waals surface area contributed by atoms with Crippen molar-refractivity contribution in [3.63, 3.8) is 0 Å². The molecule has 0 aliphatic carbocycles. The van der Waals surface area contributed by atoms with E-state index in [1.54, 1.807) is 0 Å². The summed E-state index contributed by atoms with van der Waals surface area (Å²) in [5, 5.41) is 8.38. The zero-order chi connectivity index (χ0) is 13.7. The summed E-state index contributed by atoms with van der Waals surface area (Å²) in [7, 11) is 0. The molecule has 94 valence electrons. The lowest BCUT2D eigenvalue weighted by Gasteiger charge is -2.10. The quantitative estimate of drug-likeness (QED) is 0.660. The lowest BCUT2D eigenvalue weighted by Crippen LogP contribution is -2.06. The third-order valence-corrected chi connectivity index (χ3v) is 1.95. The molecule has 0 bridgehead atoms. The number of rotatable bonds is 3. The summed E-state index contributed by atoms with van der Waals surface area (Å²) in [6.45, 7) is -1.59. The van der Waals surface area contributed by atoms with Crippen LogP contribution in [0.1, 0.15) is 21.5 Å². The fourth-order valence-corrected chi connectivity index (χ4v) is 1.34. The highest BCUT2D eigenvalue weighted by atomic mass is 19.3. The van der Waals surface area contributed by atoms with E-state index in [1.807, 2.05) is 5.92 Å². The molecular formula is C12H8F2O4. The number of hydrogen-bond acceptors (Lipinski definition) is 3. The minimum Gasteiger partial charge on any atom is -0.472 e. The van der Waals surface area contributed by atoms with Gasteiger partial charge in [0.25, 0.3) is 0 Å². The number of carboxylic acid groups (broad SMARTS) is 1. The molecule has 0 aromatic heterocycles. The summed E-state index contributed by atoms with van der Waals surface area (Å²) in [4.78, 5) is 21.0. The van der Waals surface area contributed by atoms with Crippen molar-refractivity contribution in [2.24, 2.45) is 0 Å². The molecule has 0 amide bonds. The van der Waals surface area contributed by atoms with Crippen LogP contribution in [0.25, 0.3) is 0 Å². The molecule has 0 aliphatic rings. The molecule has 0 saturated heterocycles. The number of hydrogen-bond donors (Lipinski definition) is 1. The summed E-state index contributed by atoms with van der Waals surface area (Å²) >= 11 is 0. The van der Waals surface area contributed by atoms with E-state index >= 15 is 0 Å². The van der Waals surface area contributed by atoms with E-state index in [-0.39, 0.29) is 22.4 Å². The number of halogens is 2. The van der Waals surface area contributed by atoms with E-state index in [0.29, 0.717) is 6.29 Å². The summed E-state index contributed by atoms with van der Waals surface area (Å²) in [5.74, 6) is 2.59. The van der Waals surface area contributed by atoms with Gasteiger partial charge in [-0.25, -0.2) is 4.79 Å². The molecule has 1 aromatic rings. The van der Waals surface area contributed by atoms with Crippen LogP contribution in [0, 0.1) is 18.8 Å². The number of ether oxygens (including phenoxy) is 1. The largest absolute Gasteiger partial charge is 0.472 e. The Balaban J connectivity index is 3.23. The van der Waals surface area contributed by atoms with Gasteiger partial charge in [0.05, 0.1) is 5.56 Å². The first-order chi connectivity index (χ1) is 8.43. The lowest BCUT2D eigenvalue weighted by atomic mass is 10.1. The van der Waals surface area contributed by atoms with Crippen LogP contribution in [0.4, 0.5) is 8.78 Å². The van der Waals surface area contributed by atoms with E-state index < -0.39 is 12.6 Å². The van der Waals surface area contributed by atoms with Gasteiger partial charge in [-0.1, -0.05) is 5.92 Å². The molecule has 4 nitrogen and oxygen atoms in total. The highest BCUT2D eigenvalue weighted by Gasteiger charge is 2.13. The maximum atomic E-state index is 12.1. The van der Waals surface area contributed by atoms with Crippen molar-refractivity contribution in [3.8, 4) is 17.6 Å². The molecule has 18 heavy (non-hydrogen) atoms. The third-order valence-electron chi connectivity index (χ3n) is 1.95. The minimum atomic E-state index is -3.04. The molecule has 0 spiro atoms. The first-order valence-corrected chi connectivity index (χ1v) is 4.73. The number of aryl methyl sites for hydroxylation is 1. The van der Waals surface area contributed by atoms with Crippen LogP contribution in [0.15, 0.2) is 12.1 Å². The van der Waals surface area contributed by atoms with Gasteiger partial charge in [-0.05, 0) is 24.6 Å². The monoisotopic (exact) mass is 254 g/mol. The van der Waals surface area contributed by atoms with Crippen LogP contribution >= 0.6 is 0 Å². The van der Waals surface area contributed by atoms with Crippen molar-refractivity contribution >= 4 is 12.3 Å². The number of carbonyl (C=O) groups is 2. The number of carbonyl (C=O) groups excluding carboxylic acids is 1. The van der Waals surface area contributed by atoms with Crippen LogP contribution < -0.4 is 4.74 Å². The SMILES string of the molecule is Cc1cc(C#CC(=O)O)cc(C=O)c1OC(F)F. The molecule has 0 radical (unpaired) electrons. The molecule has 0 saturated carbocycles. The second-order valence-corrected chi connectivity index (χ2v) is 3.26. The van der Waals surface area contributed by atoms with Gasteiger partial charge in [-0.2, -0.15) is 8.78 Å². The standard InChI is InChI=1S/C12H8F2O4/c1-7-4-8(2-3-10(16)17)5-9(6-15)11(7)18-12(13)14/h4-6,12H,1H3,(H,16,17). The van der Waals surface area contributed by atoms with Crippen molar-refractivity contribution in [2.75, 3.05) is 0 Å². The summed E-state index contributed by atoms with van der Waals surface area (Å²) < 4.78 is 28.5. The highest BCUT2D eigenvalue weighted by molar-refractivity contribution is 5.87. The summed E-state index contributed by atoms with van der Waals surface area (Å²) in [6.07, 6.45) is 0.344. The predicted octanol–water partition coefficient (Wildman–Crippen LogP) is 1.85. The normalized spacial score (nSPS) is 9.56. The van der Waals surface area contributed by atoms with Crippen molar-refractivity contribution in [1.29, 1.82) is 0 Å². The molecule has 1 N–H and O–H groups in total. The average molecular weight is 254 g/mol. The van der Waals surface area contributed by atoms with Crippen LogP contribution in [0.3, 0.4) is 0 Å². The van der Waals surface area contributed by atoms with Crippen LogP contribution in [-0.2, 0) is 4.79 Å². The molecule has 0 atom stereocenters. The van der Waals surface area contributed by atoms with Crippen molar-refractivity contribution in [1.82, 2.24) is 0 Å². The Morgan fingerprint density at radius 3 is 2.67 bits per heavy atom. The van der Waals surface area contributed by atoms with Crippen LogP contribution in [0.2, 0.25) is 0 Å². The van der Waals surface area contributed by atoms with Crippen LogP contribution in [0.5, 0.6) is 5.75 Å². The second kappa shape index (κ2) is 5.77. The number of benzene rings is 1. The molecule has 0 aliphatic heterocycles. The Morgan fingerprint density at radius 2 is 2.17 bits per heavy atom. The Labute approximate surface area is 101 Å². The van der Waals surface area contributed by atoms with Crippen LogP contribution in [-0.4, -0.2) is 24.0 Å². The topological polar surface area (TPSA) is 63.6 Å². The number of aldehydes is 1. The van der Waals surface area contributed by atoms with Gasteiger partial charge in [-0.3, -0.25) is 4.79 Å². The van der Waals surface area contributed by atoms with Crippen molar-refractivity contribution < 1.29 is 28.2 Å². The fraction of sp³-hybridized carbons (Fsp3) is 0.167. The van der Waals surface area contributed by atoms with E-state index in [2.05, 4.69) is 10.7 Å². The molecule has 0 heterocycles. The van der Waals surface area contributed by atoms with Gasteiger partial charge >= 0.3 is 12.6 Å². The maximum Gasteiger partial charge on any atom is 0.387 e. The summed E-state index contributed by atoms with van der Waals surface area (Å²) in [6, 6.07) is 2.55. The highest BCUT2D eigenvalue weighted by Crippen LogP contribution is 2.25. The molecule has 0 fully saturated rings. The first-order valence-electron chi connectivity index (χ1n) is 4.73. The zero-order valence-electron chi connectivity index (χ0n) is 9.24. The fourth-order valence-electron chi connectivity index (χ4n) is 1.34.